The molecule has 7 heteroatoms. The number of anilines is 1. The average molecular weight is 362 g/mol. The van der Waals surface area contributed by atoms with E-state index in [-0.39, 0.29) is 4.90 Å². The lowest BCUT2D eigenvalue weighted by molar-refractivity contribution is 0.334. The third-order valence-electron chi connectivity index (χ3n) is 3.42. The van der Waals surface area contributed by atoms with Crippen molar-refractivity contribution in [3.05, 3.63) is 22.7 Å². The SMILES string of the molecule is Nc1cc(S(=O)(=O)NCCCN2CCCC2)ccc1Br. The van der Waals surface area contributed by atoms with Crippen LogP contribution in [0.5, 0.6) is 0 Å². The predicted octanol–water partition coefficient (Wildman–Crippen LogP) is 1.80. The molecule has 3 N–H and O–H groups in total. The van der Waals surface area contributed by atoms with E-state index in [0.717, 1.165) is 26.1 Å². The Hall–Kier alpha value is -0.630. The number of benzene rings is 1. The number of sulfonamides is 1. The molecule has 1 aliphatic heterocycles. The van der Waals surface area contributed by atoms with Crippen molar-refractivity contribution >= 4 is 31.6 Å². The molecule has 1 fully saturated rings. The Balaban J connectivity index is 1.85. The Morgan fingerprint density at radius 3 is 2.65 bits per heavy atom. The number of halogens is 1. The first-order chi connectivity index (χ1) is 9.49. The van der Waals surface area contributed by atoms with Gasteiger partial charge in [0.1, 0.15) is 0 Å². The maximum Gasteiger partial charge on any atom is 0.240 e. The van der Waals surface area contributed by atoms with E-state index in [9.17, 15) is 8.42 Å². The van der Waals surface area contributed by atoms with Gasteiger partial charge in [-0.3, -0.25) is 0 Å². The van der Waals surface area contributed by atoms with E-state index >= 15 is 0 Å². The molecule has 0 spiro atoms. The highest BCUT2D eigenvalue weighted by Gasteiger charge is 2.15. The van der Waals surface area contributed by atoms with Crippen LogP contribution in [-0.4, -0.2) is 39.5 Å². The summed E-state index contributed by atoms with van der Waals surface area (Å²) < 4.78 is 27.5. The van der Waals surface area contributed by atoms with E-state index in [4.69, 9.17) is 5.73 Å². The van der Waals surface area contributed by atoms with Crippen molar-refractivity contribution in [3.63, 3.8) is 0 Å². The standard InChI is InChI=1S/C13H20BrN3O2S/c14-12-5-4-11(10-13(12)15)20(18,19)16-6-3-9-17-7-1-2-8-17/h4-5,10,16H,1-3,6-9,15H2. The third kappa shape index (κ3) is 4.18. The van der Waals surface area contributed by atoms with Crippen molar-refractivity contribution in [2.24, 2.45) is 0 Å². The van der Waals surface area contributed by atoms with Crippen LogP contribution < -0.4 is 10.5 Å². The zero-order valence-corrected chi connectivity index (χ0v) is 13.7. The minimum Gasteiger partial charge on any atom is -0.398 e. The summed E-state index contributed by atoms with van der Waals surface area (Å²) in [7, 11) is -3.46. The van der Waals surface area contributed by atoms with Gasteiger partial charge in [0.2, 0.25) is 10.0 Å². The van der Waals surface area contributed by atoms with Crippen LogP contribution in [0.2, 0.25) is 0 Å². The number of nitrogens with zero attached hydrogens (tertiary/aromatic N) is 1. The highest BCUT2D eigenvalue weighted by atomic mass is 79.9. The number of nitrogen functional groups attached to an aromatic ring is 1. The Kier molecular flexibility index (Phi) is 5.42. The van der Waals surface area contributed by atoms with Crippen molar-refractivity contribution in [1.82, 2.24) is 9.62 Å². The van der Waals surface area contributed by atoms with Gasteiger partial charge >= 0.3 is 0 Å². The van der Waals surface area contributed by atoms with Crippen molar-refractivity contribution in [3.8, 4) is 0 Å². The lowest BCUT2D eigenvalue weighted by Crippen LogP contribution is -2.28. The van der Waals surface area contributed by atoms with Crippen LogP contribution in [0.25, 0.3) is 0 Å². The second-order valence-corrected chi connectivity index (χ2v) is 7.60. The molecule has 1 saturated heterocycles. The van der Waals surface area contributed by atoms with E-state index in [1.165, 1.54) is 18.9 Å². The molecule has 0 radical (unpaired) electrons. The normalized spacial score (nSPS) is 16.6. The maximum absolute atomic E-state index is 12.1. The molecule has 0 amide bonds. The Morgan fingerprint density at radius 2 is 2.00 bits per heavy atom. The van der Waals surface area contributed by atoms with Gasteiger partial charge in [0, 0.05) is 16.7 Å². The molecular weight excluding hydrogens is 342 g/mol. The van der Waals surface area contributed by atoms with E-state index in [2.05, 4.69) is 25.6 Å². The second-order valence-electron chi connectivity index (χ2n) is 4.98. The molecule has 0 aromatic heterocycles. The third-order valence-corrected chi connectivity index (χ3v) is 5.60. The van der Waals surface area contributed by atoms with Gasteiger partial charge in [-0.15, -0.1) is 0 Å². The lowest BCUT2D eigenvalue weighted by Gasteiger charge is -2.14. The number of nitrogens with one attached hydrogen (secondary N) is 1. The summed E-state index contributed by atoms with van der Waals surface area (Å²) >= 11 is 3.25. The van der Waals surface area contributed by atoms with Crippen LogP contribution in [0.1, 0.15) is 19.3 Å². The fourth-order valence-electron chi connectivity index (χ4n) is 2.29. The predicted molar refractivity (Wildman–Crippen MR) is 84.0 cm³/mol. The summed E-state index contributed by atoms with van der Waals surface area (Å²) in [6, 6.07) is 4.66. The first kappa shape index (κ1) is 15.8. The largest absolute Gasteiger partial charge is 0.398 e. The minimum absolute atomic E-state index is 0.208. The average Bonchev–Trinajstić information content (AvgIpc) is 2.91. The molecule has 1 aromatic rings. The number of likely N-dealkylation sites (tertiary alicyclic amines) is 1. The van der Waals surface area contributed by atoms with Gasteiger partial charge in [0.05, 0.1) is 4.90 Å². The number of hydrogen-bond acceptors (Lipinski definition) is 4. The van der Waals surface area contributed by atoms with Crippen LogP contribution in [0.15, 0.2) is 27.6 Å². The monoisotopic (exact) mass is 361 g/mol. The number of nitrogens with two attached hydrogens (primary N) is 1. The summed E-state index contributed by atoms with van der Waals surface area (Å²) in [6.45, 7) is 3.67. The van der Waals surface area contributed by atoms with E-state index < -0.39 is 10.0 Å². The van der Waals surface area contributed by atoms with Crippen LogP contribution in [0.4, 0.5) is 5.69 Å². The molecule has 20 heavy (non-hydrogen) atoms. The van der Waals surface area contributed by atoms with Crippen LogP contribution in [0.3, 0.4) is 0 Å². The fourth-order valence-corrected chi connectivity index (χ4v) is 3.64. The van der Waals surface area contributed by atoms with Gasteiger partial charge < -0.3 is 10.6 Å². The Morgan fingerprint density at radius 1 is 1.30 bits per heavy atom. The van der Waals surface area contributed by atoms with Crippen molar-refractivity contribution in [1.29, 1.82) is 0 Å². The number of rotatable bonds is 6. The molecule has 0 unspecified atom stereocenters. The van der Waals surface area contributed by atoms with E-state index in [1.54, 1.807) is 12.1 Å². The van der Waals surface area contributed by atoms with Crippen molar-refractivity contribution in [2.75, 3.05) is 31.9 Å². The lowest BCUT2D eigenvalue weighted by atomic mass is 10.3. The zero-order chi connectivity index (χ0) is 14.6. The fraction of sp³-hybridized carbons (Fsp3) is 0.538. The molecule has 0 aliphatic carbocycles. The van der Waals surface area contributed by atoms with Gasteiger partial charge in [-0.2, -0.15) is 0 Å². The topological polar surface area (TPSA) is 75.4 Å². The minimum atomic E-state index is -3.46. The highest BCUT2D eigenvalue weighted by molar-refractivity contribution is 9.10. The summed E-state index contributed by atoms with van der Waals surface area (Å²) in [5.74, 6) is 0. The zero-order valence-electron chi connectivity index (χ0n) is 11.3. The molecule has 0 saturated carbocycles. The quantitative estimate of drug-likeness (QED) is 0.598. The highest BCUT2D eigenvalue weighted by Crippen LogP contribution is 2.22. The summed E-state index contributed by atoms with van der Waals surface area (Å²) in [5, 5.41) is 0. The molecule has 112 valence electrons. The van der Waals surface area contributed by atoms with Gasteiger partial charge in [-0.25, -0.2) is 13.1 Å². The second kappa shape index (κ2) is 6.89. The van der Waals surface area contributed by atoms with Gasteiger partial charge in [0.15, 0.2) is 0 Å². The molecule has 2 rings (SSSR count). The first-order valence-corrected chi connectivity index (χ1v) is 9.04. The summed E-state index contributed by atoms with van der Waals surface area (Å²) in [5.41, 5.74) is 6.13. The van der Waals surface area contributed by atoms with Crippen LogP contribution in [-0.2, 0) is 10.0 Å². The van der Waals surface area contributed by atoms with Crippen molar-refractivity contribution < 1.29 is 8.42 Å². The van der Waals surface area contributed by atoms with Gasteiger partial charge in [-0.05, 0) is 73.0 Å². The van der Waals surface area contributed by atoms with Crippen LogP contribution >= 0.6 is 15.9 Å². The molecular formula is C13H20BrN3O2S. The molecule has 1 aromatic carbocycles. The summed E-state index contributed by atoms with van der Waals surface area (Å²) in [6.07, 6.45) is 3.33. The van der Waals surface area contributed by atoms with E-state index in [0.29, 0.717) is 16.7 Å². The molecule has 0 atom stereocenters. The molecule has 1 aliphatic rings. The molecule has 1 heterocycles. The van der Waals surface area contributed by atoms with E-state index in [1.807, 2.05) is 0 Å². The smallest absolute Gasteiger partial charge is 0.240 e. The summed E-state index contributed by atoms with van der Waals surface area (Å²) in [4.78, 5) is 2.57. The van der Waals surface area contributed by atoms with Gasteiger partial charge in [-0.1, -0.05) is 0 Å². The van der Waals surface area contributed by atoms with Crippen LogP contribution in [0, 0.1) is 0 Å². The molecule has 0 bridgehead atoms. The Labute approximate surface area is 128 Å². The van der Waals surface area contributed by atoms with Gasteiger partial charge in [0.25, 0.3) is 0 Å². The number of hydrogen-bond donors (Lipinski definition) is 2. The molecule has 5 nitrogen and oxygen atoms in total. The Bertz CT molecular complexity index is 557. The first-order valence-electron chi connectivity index (χ1n) is 6.76. The maximum atomic E-state index is 12.1. The van der Waals surface area contributed by atoms with Crippen molar-refractivity contribution in [2.45, 2.75) is 24.2 Å².